The Bertz CT molecular complexity index is 940. The van der Waals surface area contributed by atoms with E-state index < -0.39 is 11.6 Å². The topological polar surface area (TPSA) is 26.9 Å². The molecule has 0 saturated heterocycles. The van der Waals surface area contributed by atoms with Gasteiger partial charge in [0.15, 0.2) is 5.82 Å². The molecule has 24 heavy (non-hydrogen) atoms. The lowest BCUT2D eigenvalue weighted by molar-refractivity contribution is 0.528. The summed E-state index contributed by atoms with van der Waals surface area (Å²) in [6.07, 6.45) is 2.06. The van der Waals surface area contributed by atoms with Crippen molar-refractivity contribution in [3.63, 3.8) is 0 Å². The Kier molecular flexibility index (Phi) is 3.56. The van der Waals surface area contributed by atoms with Gasteiger partial charge in [0.25, 0.3) is 5.56 Å². The molecule has 0 atom stereocenters. The summed E-state index contributed by atoms with van der Waals surface area (Å²) in [5, 5.41) is 0. The van der Waals surface area contributed by atoms with Crippen LogP contribution in [-0.4, -0.2) is 9.36 Å². The van der Waals surface area contributed by atoms with Gasteiger partial charge >= 0.3 is 0 Å². The number of hydrogen-bond donors (Lipinski definition) is 0. The molecule has 1 heterocycles. The van der Waals surface area contributed by atoms with E-state index in [1.807, 2.05) is 35.0 Å². The maximum Gasteiger partial charge on any atom is 0.271 e. The van der Waals surface area contributed by atoms with Crippen LogP contribution in [0.25, 0.3) is 5.69 Å². The minimum absolute atomic E-state index is 0.0734. The van der Waals surface area contributed by atoms with Crippen molar-refractivity contribution in [2.45, 2.75) is 25.3 Å². The first kappa shape index (κ1) is 14.9. The fraction of sp³-hybridized carbons (Fsp3) is 0.211. The first-order chi connectivity index (χ1) is 11.6. The second-order valence-corrected chi connectivity index (χ2v) is 6.13. The molecule has 3 aromatic rings. The van der Waals surface area contributed by atoms with Crippen molar-refractivity contribution in [1.29, 1.82) is 0 Å². The van der Waals surface area contributed by atoms with Gasteiger partial charge < -0.3 is 0 Å². The third-order valence-electron chi connectivity index (χ3n) is 4.33. The molecular formula is C19H16F2N2O. The average molecular weight is 326 g/mol. The summed E-state index contributed by atoms with van der Waals surface area (Å²) in [7, 11) is 0. The Labute approximate surface area is 137 Å². The molecule has 3 nitrogen and oxygen atoms in total. The van der Waals surface area contributed by atoms with Crippen LogP contribution in [0.5, 0.6) is 0 Å². The maximum absolute atomic E-state index is 14.2. The molecule has 0 unspecified atom stereocenters. The number of aromatic nitrogens is 2. The van der Waals surface area contributed by atoms with Gasteiger partial charge in [-0.05, 0) is 30.5 Å². The fourth-order valence-electron chi connectivity index (χ4n) is 3.02. The van der Waals surface area contributed by atoms with E-state index in [4.69, 9.17) is 0 Å². The van der Waals surface area contributed by atoms with Crippen LogP contribution in [0.1, 0.15) is 30.0 Å². The van der Waals surface area contributed by atoms with Gasteiger partial charge in [0.2, 0.25) is 0 Å². The lowest BCUT2D eigenvalue weighted by Crippen LogP contribution is -2.23. The van der Waals surface area contributed by atoms with Gasteiger partial charge in [-0.1, -0.05) is 30.3 Å². The lowest BCUT2D eigenvalue weighted by atomic mass is 10.2. The maximum atomic E-state index is 14.2. The van der Waals surface area contributed by atoms with Crippen LogP contribution in [0.4, 0.5) is 8.78 Å². The summed E-state index contributed by atoms with van der Waals surface area (Å²) in [6.45, 7) is 0.464. The van der Waals surface area contributed by atoms with Crippen molar-refractivity contribution >= 4 is 0 Å². The van der Waals surface area contributed by atoms with Crippen LogP contribution in [-0.2, 0) is 6.54 Å². The molecule has 0 amide bonds. The van der Waals surface area contributed by atoms with Crippen LogP contribution in [0.15, 0.2) is 59.4 Å². The molecule has 0 N–H and O–H groups in total. The van der Waals surface area contributed by atoms with Gasteiger partial charge in [0.05, 0.1) is 6.54 Å². The van der Waals surface area contributed by atoms with Crippen molar-refractivity contribution in [3.8, 4) is 5.69 Å². The molecule has 122 valence electrons. The highest BCUT2D eigenvalue weighted by Crippen LogP contribution is 2.40. The van der Waals surface area contributed by atoms with Gasteiger partial charge in [-0.2, -0.15) is 0 Å². The largest absolute Gasteiger partial charge is 0.277 e. The summed E-state index contributed by atoms with van der Waals surface area (Å²) in [5.41, 5.74) is 1.71. The molecule has 0 bridgehead atoms. The Morgan fingerprint density at radius 1 is 1.00 bits per heavy atom. The van der Waals surface area contributed by atoms with Gasteiger partial charge in [-0.25, -0.2) is 13.5 Å². The second-order valence-electron chi connectivity index (χ2n) is 6.13. The van der Waals surface area contributed by atoms with E-state index in [1.54, 1.807) is 6.07 Å². The molecule has 5 heteroatoms. The van der Waals surface area contributed by atoms with Crippen LogP contribution in [0.2, 0.25) is 0 Å². The molecular weight excluding hydrogens is 310 g/mol. The monoisotopic (exact) mass is 326 g/mol. The van der Waals surface area contributed by atoms with Crippen molar-refractivity contribution in [2.75, 3.05) is 0 Å². The Morgan fingerprint density at radius 2 is 1.75 bits per heavy atom. The van der Waals surface area contributed by atoms with E-state index in [2.05, 4.69) is 0 Å². The fourth-order valence-corrected chi connectivity index (χ4v) is 3.02. The molecule has 1 aliphatic carbocycles. The molecule has 1 aliphatic rings. The van der Waals surface area contributed by atoms with Crippen molar-refractivity contribution in [2.24, 2.45) is 0 Å². The number of hydrogen-bond acceptors (Lipinski definition) is 1. The van der Waals surface area contributed by atoms with Crippen LogP contribution < -0.4 is 5.56 Å². The van der Waals surface area contributed by atoms with Crippen LogP contribution in [0, 0.1) is 11.6 Å². The quantitative estimate of drug-likeness (QED) is 0.715. The van der Waals surface area contributed by atoms with Gasteiger partial charge in [0.1, 0.15) is 11.5 Å². The molecule has 1 aromatic heterocycles. The molecule has 4 rings (SSSR count). The second kappa shape index (κ2) is 5.74. The van der Waals surface area contributed by atoms with E-state index >= 15 is 0 Å². The van der Waals surface area contributed by atoms with E-state index in [0.717, 1.165) is 30.2 Å². The zero-order valence-corrected chi connectivity index (χ0v) is 13.0. The Morgan fingerprint density at radius 3 is 2.42 bits per heavy atom. The molecule has 0 aliphatic heterocycles. The standard InChI is InChI=1S/C19H16F2N2O/c20-15-8-9-17(16(21)10-15)23-19(24)11-18(14-6-7-14)22(23)12-13-4-2-1-3-5-13/h1-5,8-11,14H,6-7,12H2. The molecule has 1 fully saturated rings. The lowest BCUT2D eigenvalue weighted by Gasteiger charge is -2.16. The van der Waals surface area contributed by atoms with Gasteiger partial charge in [0, 0.05) is 23.7 Å². The first-order valence-corrected chi connectivity index (χ1v) is 7.95. The molecule has 0 spiro atoms. The van der Waals surface area contributed by atoms with Crippen molar-refractivity contribution in [1.82, 2.24) is 9.36 Å². The highest BCUT2D eigenvalue weighted by Gasteiger charge is 2.29. The summed E-state index contributed by atoms with van der Waals surface area (Å²) in [4.78, 5) is 12.5. The van der Waals surface area contributed by atoms with Crippen LogP contribution >= 0.6 is 0 Å². The van der Waals surface area contributed by atoms with Crippen molar-refractivity contribution in [3.05, 3.63) is 87.8 Å². The van der Waals surface area contributed by atoms with Gasteiger partial charge in [-0.15, -0.1) is 0 Å². The predicted molar refractivity (Wildman–Crippen MR) is 87.5 cm³/mol. The average Bonchev–Trinajstić information content (AvgIpc) is 3.35. The Balaban J connectivity index is 1.88. The number of rotatable bonds is 4. The van der Waals surface area contributed by atoms with E-state index in [9.17, 15) is 13.6 Å². The van der Waals surface area contributed by atoms with Gasteiger partial charge in [-0.3, -0.25) is 9.48 Å². The zero-order valence-electron chi connectivity index (χ0n) is 13.0. The molecule has 1 saturated carbocycles. The van der Waals surface area contributed by atoms with E-state index in [1.165, 1.54) is 16.8 Å². The first-order valence-electron chi connectivity index (χ1n) is 7.95. The summed E-state index contributed by atoms with van der Waals surface area (Å²) in [6, 6.07) is 14.6. The number of halogens is 2. The summed E-state index contributed by atoms with van der Waals surface area (Å²) in [5.74, 6) is -1.06. The number of nitrogens with zero attached hydrogens (tertiary/aromatic N) is 2. The molecule has 2 aromatic carbocycles. The highest BCUT2D eigenvalue weighted by atomic mass is 19.1. The summed E-state index contributed by atoms with van der Waals surface area (Å²) >= 11 is 0. The van der Waals surface area contributed by atoms with E-state index in [-0.39, 0.29) is 11.2 Å². The minimum Gasteiger partial charge on any atom is -0.277 e. The highest BCUT2D eigenvalue weighted by molar-refractivity contribution is 5.35. The van der Waals surface area contributed by atoms with E-state index in [0.29, 0.717) is 12.5 Å². The number of benzene rings is 2. The normalized spacial score (nSPS) is 14.1. The SMILES string of the molecule is O=c1cc(C2CC2)n(Cc2ccccc2)n1-c1ccc(F)cc1F. The minimum atomic E-state index is -0.744. The third-order valence-corrected chi connectivity index (χ3v) is 4.33. The smallest absolute Gasteiger partial charge is 0.271 e. The Hall–Kier alpha value is -2.69. The third kappa shape index (κ3) is 2.66. The van der Waals surface area contributed by atoms with Crippen molar-refractivity contribution < 1.29 is 8.78 Å². The molecule has 0 radical (unpaired) electrons. The zero-order chi connectivity index (χ0) is 16.7. The van der Waals surface area contributed by atoms with Crippen LogP contribution in [0.3, 0.4) is 0 Å². The summed E-state index contributed by atoms with van der Waals surface area (Å²) < 4.78 is 30.6. The predicted octanol–water partition coefficient (Wildman–Crippen LogP) is 3.84.